The Balaban J connectivity index is 1.35. The average molecular weight is 476 g/mol. The summed E-state index contributed by atoms with van der Waals surface area (Å²) in [5, 5.41) is 10.9. The van der Waals surface area contributed by atoms with Crippen molar-refractivity contribution in [3.63, 3.8) is 0 Å². The molecule has 1 saturated carbocycles. The summed E-state index contributed by atoms with van der Waals surface area (Å²) >= 11 is 0. The second-order valence-corrected chi connectivity index (χ2v) is 10.1. The molecular weight excluding hydrogens is 436 g/mol. The number of rotatable bonds is 9. The van der Waals surface area contributed by atoms with Gasteiger partial charge in [-0.1, -0.05) is 88.1 Å². The predicted octanol–water partition coefficient (Wildman–Crippen LogP) is 5.88. The highest BCUT2D eigenvalue weighted by Gasteiger charge is 2.22. The van der Waals surface area contributed by atoms with E-state index in [-0.39, 0.29) is 18.1 Å². The molecule has 186 valence electrons. The summed E-state index contributed by atoms with van der Waals surface area (Å²) < 4.78 is 10.0. The minimum absolute atomic E-state index is 0.100. The van der Waals surface area contributed by atoms with Crippen LogP contribution in [0.1, 0.15) is 86.7 Å². The van der Waals surface area contributed by atoms with Gasteiger partial charge >= 0.3 is 5.97 Å². The molecule has 0 radical (unpaired) electrons. The van der Waals surface area contributed by atoms with E-state index in [1.54, 1.807) is 0 Å². The van der Waals surface area contributed by atoms with Crippen molar-refractivity contribution in [1.82, 2.24) is 4.57 Å². The zero-order chi connectivity index (χ0) is 24.6. The van der Waals surface area contributed by atoms with E-state index in [1.807, 2.05) is 24.3 Å². The smallest absolute Gasteiger partial charge is 0.310 e. The van der Waals surface area contributed by atoms with E-state index < -0.39 is 0 Å². The summed E-state index contributed by atoms with van der Waals surface area (Å²) in [6.07, 6.45) is 11.4. The molecule has 4 rings (SSSR count). The van der Waals surface area contributed by atoms with E-state index in [1.165, 1.54) is 37.1 Å². The van der Waals surface area contributed by atoms with E-state index in [4.69, 9.17) is 4.74 Å². The van der Waals surface area contributed by atoms with Crippen molar-refractivity contribution in [3.05, 3.63) is 83.4 Å². The van der Waals surface area contributed by atoms with Crippen LogP contribution in [0.3, 0.4) is 0 Å². The molecule has 35 heavy (non-hydrogen) atoms. The van der Waals surface area contributed by atoms with Gasteiger partial charge in [-0.05, 0) is 29.9 Å². The Kier molecular flexibility index (Phi) is 8.62. The van der Waals surface area contributed by atoms with Crippen LogP contribution in [0.4, 0.5) is 0 Å². The number of imidazole rings is 1. The largest absolute Gasteiger partial charge is 0.507 e. The minimum Gasteiger partial charge on any atom is -0.507 e. The Labute approximate surface area is 209 Å². The van der Waals surface area contributed by atoms with Crippen LogP contribution in [0.25, 0.3) is 0 Å². The van der Waals surface area contributed by atoms with Gasteiger partial charge in [0, 0.05) is 5.56 Å². The number of carbonyl (C=O) groups is 1. The molecule has 0 saturated heterocycles. The molecule has 0 spiro atoms. The second-order valence-electron chi connectivity index (χ2n) is 10.1. The summed E-state index contributed by atoms with van der Waals surface area (Å²) in [6.45, 7) is 6.10. The van der Waals surface area contributed by atoms with Gasteiger partial charge in [-0.25, -0.2) is 9.13 Å². The maximum Gasteiger partial charge on any atom is 0.310 e. The van der Waals surface area contributed by atoms with Crippen molar-refractivity contribution in [3.8, 4) is 5.75 Å². The molecule has 0 bridgehead atoms. The van der Waals surface area contributed by atoms with Gasteiger partial charge in [0.2, 0.25) is 0 Å². The number of carbonyl (C=O) groups excluding carboxylic acids is 1. The first kappa shape index (κ1) is 25.0. The molecule has 0 unspecified atom stereocenters. The Morgan fingerprint density at radius 2 is 1.80 bits per heavy atom. The Bertz CT molecular complexity index is 1100. The fourth-order valence-electron chi connectivity index (χ4n) is 5.38. The maximum absolute atomic E-state index is 12.6. The lowest BCUT2D eigenvalue weighted by molar-refractivity contribution is -0.696. The van der Waals surface area contributed by atoms with Gasteiger partial charge in [0.25, 0.3) is 5.82 Å². The standard InChI is InChI=1S/C30H38N2O3/c1-23(2)30-31(17-18-32(30)22-24-11-6-5-7-12-24)19-20-35-28(33)21-26-15-10-16-27(29(26)34)25-13-8-3-4-9-14-25/h5-7,10-12,15-18,23,25H,3-4,8-9,13-14,19-22H2,1-2H3/p+1. The number of hydrogen-bond donors (Lipinski definition) is 1. The van der Waals surface area contributed by atoms with Crippen molar-refractivity contribution < 1.29 is 19.2 Å². The molecule has 5 heteroatoms. The van der Waals surface area contributed by atoms with Crippen LogP contribution < -0.4 is 4.57 Å². The van der Waals surface area contributed by atoms with E-state index in [9.17, 15) is 9.90 Å². The van der Waals surface area contributed by atoms with Crippen molar-refractivity contribution >= 4 is 5.97 Å². The highest BCUT2D eigenvalue weighted by atomic mass is 16.5. The molecule has 0 atom stereocenters. The summed E-state index contributed by atoms with van der Waals surface area (Å²) in [5.74, 6) is 1.92. The first-order valence-electron chi connectivity index (χ1n) is 13.1. The summed E-state index contributed by atoms with van der Waals surface area (Å²) in [7, 11) is 0. The third kappa shape index (κ3) is 6.53. The lowest BCUT2D eigenvalue weighted by Gasteiger charge is -2.18. The van der Waals surface area contributed by atoms with E-state index in [2.05, 4.69) is 59.6 Å². The van der Waals surface area contributed by atoms with Gasteiger partial charge in [0.1, 0.15) is 37.8 Å². The van der Waals surface area contributed by atoms with E-state index in [0.717, 1.165) is 24.9 Å². The van der Waals surface area contributed by atoms with E-state index >= 15 is 0 Å². The highest BCUT2D eigenvalue weighted by molar-refractivity contribution is 5.73. The Morgan fingerprint density at radius 3 is 2.51 bits per heavy atom. The number of para-hydroxylation sites is 1. The molecule has 3 aromatic rings. The lowest BCUT2D eigenvalue weighted by Crippen LogP contribution is -2.38. The number of aromatic nitrogens is 2. The van der Waals surface area contributed by atoms with Crippen LogP contribution in [0.2, 0.25) is 0 Å². The van der Waals surface area contributed by atoms with Gasteiger partial charge in [-0.3, -0.25) is 4.79 Å². The van der Waals surface area contributed by atoms with Crippen molar-refractivity contribution in [2.24, 2.45) is 0 Å². The number of nitrogens with zero attached hydrogens (tertiary/aromatic N) is 2. The first-order valence-corrected chi connectivity index (χ1v) is 13.1. The highest BCUT2D eigenvalue weighted by Crippen LogP contribution is 2.37. The molecule has 1 N–H and O–H groups in total. The van der Waals surface area contributed by atoms with E-state index in [0.29, 0.717) is 30.6 Å². The summed E-state index contributed by atoms with van der Waals surface area (Å²) in [4.78, 5) is 12.6. The van der Waals surface area contributed by atoms with Crippen molar-refractivity contribution in [2.75, 3.05) is 6.61 Å². The number of phenolic OH excluding ortho intramolecular Hbond substituents is 1. The average Bonchev–Trinajstić information content (AvgIpc) is 3.05. The Morgan fingerprint density at radius 1 is 1.06 bits per heavy atom. The first-order chi connectivity index (χ1) is 17.0. The number of ether oxygens (including phenoxy) is 1. The van der Waals surface area contributed by atoms with Crippen LogP contribution in [0.5, 0.6) is 5.75 Å². The van der Waals surface area contributed by atoms with Crippen molar-refractivity contribution in [2.45, 2.75) is 83.7 Å². The number of esters is 1. The quantitative estimate of drug-likeness (QED) is 0.239. The lowest BCUT2D eigenvalue weighted by atomic mass is 9.89. The molecule has 5 nitrogen and oxygen atoms in total. The van der Waals surface area contributed by atoms with Crippen LogP contribution in [-0.4, -0.2) is 22.2 Å². The molecule has 1 aliphatic rings. The molecule has 0 amide bonds. The summed E-state index contributed by atoms with van der Waals surface area (Å²) in [5.41, 5.74) is 2.92. The fraction of sp³-hybridized carbons (Fsp3) is 0.467. The topological polar surface area (TPSA) is 55.3 Å². The van der Waals surface area contributed by atoms with Crippen LogP contribution in [0.15, 0.2) is 60.9 Å². The SMILES string of the molecule is CC(C)c1n(CCOC(=O)Cc2cccc(C3CCCCCC3)c2O)cc[n+]1Cc1ccccc1. The number of hydrogen-bond acceptors (Lipinski definition) is 3. The third-order valence-corrected chi connectivity index (χ3v) is 7.10. The molecule has 2 aromatic carbocycles. The molecule has 1 aliphatic carbocycles. The van der Waals surface area contributed by atoms with Gasteiger partial charge in [0.15, 0.2) is 0 Å². The predicted molar refractivity (Wildman–Crippen MR) is 137 cm³/mol. The number of benzene rings is 2. The van der Waals surface area contributed by atoms with Crippen LogP contribution in [0, 0.1) is 0 Å². The van der Waals surface area contributed by atoms with Gasteiger partial charge in [-0.2, -0.15) is 0 Å². The molecule has 0 aliphatic heterocycles. The van der Waals surface area contributed by atoms with Gasteiger partial charge < -0.3 is 9.84 Å². The monoisotopic (exact) mass is 475 g/mol. The molecule has 1 aromatic heterocycles. The second kappa shape index (κ2) is 12.1. The normalized spacial score (nSPS) is 14.7. The molecular formula is C30H39N2O3+. The maximum atomic E-state index is 12.6. The molecule has 1 heterocycles. The van der Waals surface area contributed by atoms with Crippen LogP contribution in [-0.2, 0) is 29.0 Å². The summed E-state index contributed by atoms with van der Waals surface area (Å²) in [6, 6.07) is 16.2. The fourth-order valence-corrected chi connectivity index (χ4v) is 5.38. The zero-order valence-electron chi connectivity index (χ0n) is 21.2. The third-order valence-electron chi connectivity index (χ3n) is 7.10. The van der Waals surface area contributed by atoms with Gasteiger partial charge in [-0.15, -0.1) is 0 Å². The number of phenols is 1. The molecule has 1 fully saturated rings. The van der Waals surface area contributed by atoms with Crippen LogP contribution >= 0.6 is 0 Å². The minimum atomic E-state index is -0.297. The zero-order valence-corrected chi connectivity index (χ0v) is 21.2. The Hall–Kier alpha value is -3.08. The van der Waals surface area contributed by atoms with Crippen molar-refractivity contribution in [1.29, 1.82) is 0 Å². The van der Waals surface area contributed by atoms with Gasteiger partial charge in [0.05, 0.1) is 12.3 Å². The number of aromatic hydroxyl groups is 1.